The summed E-state index contributed by atoms with van der Waals surface area (Å²) in [6.45, 7) is 6.63. The Labute approximate surface area is 428 Å². The van der Waals surface area contributed by atoms with Crippen LogP contribution in [0, 0.1) is 0 Å². The summed E-state index contributed by atoms with van der Waals surface area (Å²) in [5, 5.41) is 0. The molecule has 0 spiro atoms. The number of rotatable bonds is 26. The minimum atomic E-state index is 0.540. The summed E-state index contributed by atoms with van der Waals surface area (Å²) < 4.78 is 19.1. The van der Waals surface area contributed by atoms with Crippen LogP contribution in [0.3, 0.4) is 0 Å². The van der Waals surface area contributed by atoms with Gasteiger partial charge in [0.1, 0.15) is 17.2 Å². The zero-order chi connectivity index (χ0) is 50.2. The van der Waals surface area contributed by atoms with Crippen LogP contribution in [-0.4, -0.2) is 96.7 Å². The van der Waals surface area contributed by atoms with E-state index in [2.05, 4.69) is 183 Å². The number of hydrogen-bond donors (Lipinski definition) is 2. The molecule has 5 heterocycles. The molecule has 0 unspecified atom stereocenters. The molecule has 10 heteroatoms. The van der Waals surface area contributed by atoms with E-state index in [1.54, 1.807) is 0 Å². The summed E-state index contributed by atoms with van der Waals surface area (Å²) in [5.41, 5.74) is 15.3. The number of aromatic nitrogens is 4. The largest absolute Gasteiger partial charge is 0.494 e. The van der Waals surface area contributed by atoms with Gasteiger partial charge in [-0.1, -0.05) is 89.0 Å². The van der Waals surface area contributed by atoms with Gasteiger partial charge >= 0.3 is 0 Å². The van der Waals surface area contributed by atoms with Gasteiger partial charge < -0.3 is 38.9 Å². The van der Waals surface area contributed by atoms with E-state index in [4.69, 9.17) is 24.2 Å². The minimum Gasteiger partial charge on any atom is -0.494 e. The van der Waals surface area contributed by atoms with Gasteiger partial charge in [0.15, 0.2) is 0 Å². The number of nitrogens with zero attached hydrogens (tertiary/aromatic N) is 5. The normalized spacial score (nSPS) is 12.2. The second-order valence-electron chi connectivity index (χ2n) is 20.3. The molecule has 6 aromatic rings. The molecular weight excluding hydrogens is 891 g/mol. The molecule has 2 N–H and O–H groups in total. The molecule has 3 aromatic carbocycles. The number of ether oxygens (including phenoxy) is 3. The molecule has 0 amide bonds. The molecule has 2 aliphatic heterocycles. The topological polar surface area (TPSA) is 94.8 Å². The van der Waals surface area contributed by atoms with Crippen molar-refractivity contribution in [3.8, 4) is 39.5 Å². The van der Waals surface area contributed by atoms with Crippen LogP contribution in [0.1, 0.15) is 117 Å². The maximum absolute atomic E-state index is 6.57. The van der Waals surface area contributed by atoms with Gasteiger partial charge in [0.2, 0.25) is 0 Å². The molecule has 0 radical (unpaired) electrons. The van der Waals surface area contributed by atoms with Crippen molar-refractivity contribution in [2.45, 2.75) is 97.2 Å². The molecule has 3 aromatic heterocycles. The molecule has 0 fully saturated rings. The van der Waals surface area contributed by atoms with Gasteiger partial charge in [0, 0.05) is 70.4 Å². The molecule has 72 heavy (non-hydrogen) atoms. The second kappa shape index (κ2) is 25.8. The van der Waals surface area contributed by atoms with Crippen molar-refractivity contribution in [2.75, 3.05) is 62.1 Å². The standard InChI is InChI=1S/C62H77N7O3/c1-8-9-10-11-12-13-14-15-16-17-35-70-54-27-19-46(20-28-54)60-56-31-23-50(63-56)40-52-25-33-58(65-52)61(59-34-26-53(66-59)41-51-24-32-57(60)64-51)47-21-29-55(30-22-47)71-36-18-37-72-62-48(43-68(4)5)38-45(42-67(2)3)39-49(62)44-69(6)7/h19-34,38-41,63,66H,8-18,35-37,42-44H2,1-7H3. The maximum Gasteiger partial charge on any atom is 0.128 e. The van der Waals surface area contributed by atoms with Crippen LogP contribution in [0.4, 0.5) is 0 Å². The van der Waals surface area contributed by atoms with E-state index in [9.17, 15) is 0 Å². The predicted molar refractivity (Wildman–Crippen MR) is 301 cm³/mol. The first-order valence-electron chi connectivity index (χ1n) is 26.4. The Morgan fingerprint density at radius 3 is 1.32 bits per heavy atom. The van der Waals surface area contributed by atoms with Crippen molar-refractivity contribution in [1.29, 1.82) is 0 Å². The molecule has 10 nitrogen and oxygen atoms in total. The van der Waals surface area contributed by atoms with Gasteiger partial charge in [-0.15, -0.1) is 0 Å². The van der Waals surface area contributed by atoms with E-state index in [1.165, 1.54) is 74.5 Å². The zero-order valence-electron chi connectivity index (χ0n) is 44.0. The molecule has 0 atom stereocenters. The molecule has 8 bridgehead atoms. The number of benzene rings is 3. The van der Waals surface area contributed by atoms with Gasteiger partial charge in [-0.3, -0.25) is 0 Å². The summed E-state index contributed by atoms with van der Waals surface area (Å²) in [5.74, 6) is 2.70. The Balaban J connectivity index is 0.963. The Morgan fingerprint density at radius 2 is 0.861 bits per heavy atom. The van der Waals surface area contributed by atoms with Gasteiger partial charge in [-0.05, 0) is 162 Å². The Bertz CT molecular complexity index is 2890. The van der Waals surface area contributed by atoms with E-state index in [0.29, 0.717) is 13.2 Å². The lowest BCUT2D eigenvalue weighted by Crippen LogP contribution is -2.18. The lowest BCUT2D eigenvalue weighted by molar-refractivity contribution is 0.240. The lowest BCUT2D eigenvalue weighted by atomic mass is 10.0. The van der Waals surface area contributed by atoms with Crippen molar-refractivity contribution >= 4 is 46.4 Å². The van der Waals surface area contributed by atoms with Gasteiger partial charge in [0.25, 0.3) is 0 Å². The minimum absolute atomic E-state index is 0.540. The van der Waals surface area contributed by atoms with Crippen LogP contribution in [0.25, 0.3) is 68.6 Å². The first-order valence-corrected chi connectivity index (χ1v) is 26.4. The monoisotopic (exact) mass is 968 g/mol. The Morgan fingerprint density at radius 1 is 0.431 bits per heavy atom. The number of fused-ring (bicyclic) bond motifs is 8. The number of unbranched alkanes of at least 4 members (excludes halogenated alkanes) is 9. The fourth-order valence-electron chi connectivity index (χ4n) is 9.70. The highest BCUT2D eigenvalue weighted by molar-refractivity contribution is 5.93. The van der Waals surface area contributed by atoms with E-state index in [-0.39, 0.29) is 0 Å². The average molecular weight is 968 g/mol. The summed E-state index contributed by atoms with van der Waals surface area (Å²) in [6, 6.07) is 34.1. The van der Waals surface area contributed by atoms with Crippen molar-refractivity contribution in [1.82, 2.24) is 34.6 Å². The smallest absolute Gasteiger partial charge is 0.128 e. The molecule has 0 aliphatic carbocycles. The first kappa shape index (κ1) is 51.9. The maximum atomic E-state index is 6.57. The quantitative estimate of drug-likeness (QED) is 0.0518. The van der Waals surface area contributed by atoms with E-state index in [0.717, 1.165) is 123 Å². The van der Waals surface area contributed by atoms with E-state index in [1.807, 2.05) is 12.1 Å². The molecule has 378 valence electrons. The number of aromatic amines is 2. The van der Waals surface area contributed by atoms with Gasteiger partial charge in [0.05, 0.1) is 42.6 Å². The molecule has 0 saturated heterocycles. The summed E-state index contributed by atoms with van der Waals surface area (Å²) in [4.78, 5) is 24.3. The van der Waals surface area contributed by atoms with Crippen molar-refractivity contribution in [3.63, 3.8) is 0 Å². The third-order valence-electron chi connectivity index (χ3n) is 13.0. The third-order valence-corrected chi connectivity index (χ3v) is 13.0. The molecule has 2 aliphatic rings. The summed E-state index contributed by atoms with van der Waals surface area (Å²) in [7, 11) is 12.6. The van der Waals surface area contributed by atoms with Crippen molar-refractivity contribution in [2.24, 2.45) is 0 Å². The zero-order valence-corrected chi connectivity index (χ0v) is 44.0. The third kappa shape index (κ3) is 14.6. The van der Waals surface area contributed by atoms with E-state index >= 15 is 0 Å². The lowest BCUT2D eigenvalue weighted by Gasteiger charge is -2.23. The van der Waals surface area contributed by atoms with Crippen LogP contribution in [0.2, 0.25) is 0 Å². The highest BCUT2D eigenvalue weighted by Gasteiger charge is 2.17. The SMILES string of the molecule is CCCCCCCCCCCCOc1ccc(-c2c3nc(cc4ccc([nH]4)c(-c4ccc(OCCCOc5c(CN(C)C)cc(CN(C)C)cc5CN(C)C)cc4)c4nc(cc5ccc2[nH]5)C=C4)C=C3)cc1. The number of hydrogen-bond acceptors (Lipinski definition) is 8. The fraction of sp³-hybridized carbons (Fsp3) is 0.387. The van der Waals surface area contributed by atoms with Gasteiger partial charge in [-0.2, -0.15) is 0 Å². The van der Waals surface area contributed by atoms with Crippen LogP contribution >= 0.6 is 0 Å². The van der Waals surface area contributed by atoms with Crippen molar-refractivity contribution < 1.29 is 14.2 Å². The first-order chi connectivity index (χ1) is 35.1. The van der Waals surface area contributed by atoms with Crippen LogP contribution in [0.5, 0.6) is 17.2 Å². The number of H-pyrrole nitrogens is 2. The van der Waals surface area contributed by atoms with E-state index < -0.39 is 0 Å². The van der Waals surface area contributed by atoms with Crippen LogP contribution in [0.15, 0.2) is 97.1 Å². The highest BCUT2D eigenvalue weighted by atomic mass is 16.5. The van der Waals surface area contributed by atoms with Gasteiger partial charge in [-0.25, -0.2) is 9.97 Å². The Hall–Kier alpha value is -6.46. The Kier molecular flexibility index (Phi) is 18.6. The predicted octanol–water partition coefficient (Wildman–Crippen LogP) is 14.3. The molecular formula is C62H77N7O3. The molecule has 8 rings (SSSR count). The number of nitrogens with one attached hydrogen (secondary N) is 2. The second-order valence-corrected chi connectivity index (χ2v) is 20.3. The van der Waals surface area contributed by atoms with Crippen LogP contribution in [-0.2, 0) is 19.6 Å². The summed E-state index contributed by atoms with van der Waals surface area (Å²) in [6.07, 6.45) is 22.3. The molecule has 0 saturated carbocycles. The average Bonchev–Trinajstić information content (AvgIpc) is 4.20. The summed E-state index contributed by atoms with van der Waals surface area (Å²) >= 11 is 0. The highest BCUT2D eigenvalue weighted by Crippen LogP contribution is 2.34. The van der Waals surface area contributed by atoms with Crippen LogP contribution < -0.4 is 14.2 Å². The fourth-order valence-corrected chi connectivity index (χ4v) is 9.70. The van der Waals surface area contributed by atoms with Crippen molar-refractivity contribution in [3.05, 3.63) is 137 Å².